The summed E-state index contributed by atoms with van der Waals surface area (Å²) in [6.07, 6.45) is 0.771. The number of carbonyl (C=O) groups excluding carboxylic acids is 2. The topological polar surface area (TPSA) is 98.1 Å². The van der Waals surface area contributed by atoms with E-state index < -0.39 is 11.9 Å². The van der Waals surface area contributed by atoms with E-state index >= 15 is 0 Å². The average molecular weight is 398 g/mol. The molecular weight excluding hydrogens is 378 g/mol. The number of hydrogen-bond donors (Lipinski definition) is 2. The number of urea groups is 1. The number of rotatable bonds is 8. The molecule has 0 unspecified atom stereocenters. The van der Waals surface area contributed by atoms with E-state index in [1.165, 1.54) is 18.8 Å². The monoisotopic (exact) mass is 397 g/mol. The molecule has 0 saturated carbocycles. The molecule has 0 radical (unpaired) electrons. The van der Waals surface area contributed by atoms with Crippen molar-refractivity contribution in [2.75, 3.05) is 26.5 Å². The van der Waals surface area contributed by atoms with Gasteiger partial charge in [0.15, 0.2) is 11.0 Å². The van der Waals surface area contributed by atoms with Gasteiger partial charge in [-0.3, -0.25) is 10.1 Å². The fourth-order valence-electron chi connectivity index (χ4n) is 2.13. The zero-order valence-electron chi connectivity index (χ0n) is 14.5. The molecule has 2 aromatic rings. The molecular formula is C16H20ClN5O3S. The fourth-order valence-corrected chi connectivity index (χ4v) is 3.02. The first kappa shape index (κ1) is 20.2. The van der Waals surface area contributed by atoms with E-state index in [1.54, 1.807) is 19.2 Å². The number of carbonyl (C=O) groups is 2. The van der Waals surface area contributed by atoms with Crippen molar-refractivity contribution in [3.05, 3.63) is 29.3 Å². The highest BCUT2D eigenvalue weighted by Crippen LogP contribution is 2.25. The minimum Gasteiger partial charge on any atom is -0.385 e. The Morgan fingerprint density at radius 3 is 2.65 bits per heavy atom. The van der Waals surface area contributed by atoms with E-state index in [2.05, 4.69) is 20.8 Å². The first-order valence-electron chi connectivity index (χ1n) is 7.87. The summed E-state index contributed by atoms with van der Waals surface area (Å²) in [6, 6.07) is 6.76. The molecule has 0 aliphatic rings. The third kappa shape index (κ3) is 5.72. The summed E-state index contributed by atoms with van der Waals surface area (Å²) < 4.78 is 7.04. The molecule has 0 atom stereocenters. The van der Waals surface area contributed by atoms with Gasteiger partial charge in [0.05, 0.1) is 5.75 Å². The number of imide groups is 1. The van der Waals surface area contributed by atoms with Gasteiger partial charge in [-0.25, -0.2) is 4.79 Å². The van der Waals surface area contributed by atoms with Gasteiger partial charge < -0.3 is 14.6 Å². The van der Waals surface area contributed by atoms with Crippen LogP contribution in [0.25, 0.3) is 11.4 Å². The predicted molar refractivity (Wildman–Crippen MR) is 100 cm³/mol. The van der Waals surface area contributed by atoms with Crippen LogP contribution in [-0.4, -0.2) is 53.2 Å². The van der Waals surface area contributed by atoms with Crippen LogP contribution in [0.1, 0.15) is 6.42 Å². The third-order valence-electron chi connectivity index (χ3n) is 3.36. The van der Waals surface area contributed by atoms with Gasteiger partial charge in [-0.15, -0.1) is 10.2 Å². The lowest BCUT2D eigenvalue weighted by molar-refractivity contribution is -0.117. The largest absolute Gasteiger partial charge is 0.385 e. The number of amides is 3. The number of halogens is 1. The number of benzene rings is 1. The van der Waals surface area contributed by atoms with E-state index in [4.69, 9.17) is 16.3 Å². The summed E-state index contributed by atoms with van der Waals surface area (Å²) >= 11 is 7.16. The summed E-state index contributed by atoms with van der Waals surface area (Å²) in [5, 5.41) is 14.2. The summed E-state index contributed by atoms with van der Waals surface area (Å²) in [5.74, 6) is 0.331. The lowest BCUT2D eigenvalue weighted by Crippen LogP contribution is -2.38. The van der Waals surface area contributed by atoms with Crippen LogP contribution in [0.4, 0.5) is 4.79 Å². The Labute approximate surface area is 160 Å². The number of nitrogens with one attached hydrogen (secondary N) is 2. The summed E-state index contributed by atoms with van der Waals surface area (Å²) in [7, 11) is 3.09. The SMILES string of the molecule is CNC(=O)NC(=O)CSc1nnc(-c2ccc(Cl)cc2)n1CCCOC. The van der Waals surface area contributed by atoms with Crippen molar-refractivity contribution in [1.82, 2.24) is 25.4 Å². The highest BCUT2D eigenvalue weighted by Gasteiger charge is 2.16. The first-order valence-corrected chi connectivity index (χ1v) is 9.24. The number of aromatic nitrogens is 3. The molecule has 3 amide bonds. The Kier molecular flexibility index (Phi) is 7.89. The van der Waals surface area contributed by atoms with Gasteiger partial charge in [0.25, 0.3) is 0 Å². The summed E-state index contributed by atoms with van der Waals surface area (Å²) in [5.41, 5.74) is 0.876. The van der Waals surface area contributed by atoms with Gasteiger partial charge in [0.1, 0.15) is 0 Å². The Balaban J connectivity index is 2.15. The van der Waals surface area contributed by atoms with E-state index in [0.29, 0.717) is 29.2 Å². The van der Waals surface area contributed by atoms with Gasteiger partial charge >= 0.3 is 6.03 Å². The van der Waals surface area contributed by atoms with Crippen LogP contribution < -0.4 is 10.6 Å². The Hall–Kier alpha value is -2.10. The Bertz CT molecular complexity index is 751. The maximum Gasteiger partial charge on any atom is 0.321 e. The van der Waals surface area contributed by atoms with Crippen LogP contribution in [0.2, 0.25) is 5.02 Å². The average Bonchev–Trinajstić information content (AvgIpc) is 3.03. The Morgan fingerprint density at radius 2 is 2.00 bits per heavy atom. The van der Waals surface area contributed by atoms with Crippen molar-refractivity contribution in [3.63, 3.8) is 0 Å². The van der Waals surface area contributed by atoms with Crippen LogP contribution >= 0.6 is 23.4 Å². The number of ether oxygens (including phenoxy) is 1. The minimum atomic E-state index is -0.543. The molecule has 8 nitrogen and oxygen atoms in total. The molecule has 0 fully saturated rings. The van der Waals surface area contributed by atoms with Crippen LogP contribution in [0.5, 0.6) is 0 Å². The predicted octanol–water partition coefficient (Wildman–Crippen LogP) is 2.18. The maximum atomic E-state index is 11.8. The molecule has 1 aromatic carbocycles. The van der Waals surface area contributed by atoms with Crippen LogP contribution in [0, 0.1) is 0 Å². The minimum absolute atomic E-state index is 0.0520. The van der Waals surface area contributed by atoms with E-state index in [-0.39, 0.29) is 5.75 Å². The number of thioether (sulfide) groups is 1. The van der Waals surface area contributed by atoms with Crippen molar-refractivity contribution in [2.45, 2.75) is 18.1 Å². The standard InChI is InChI=1S/C16H20ClN5O3S/c1-18-15(24)19-13(23)10-26-16-21-20-14(22(16)8-3-9-25-2)11-4-6-12(17)7-5-11/h4-7H,3,8-10H2,1-2H3,(H2,18,19,23,24). The zero-order valence-corrected chi connectivity index (χ0v) is 16.1. The van der Waals surface area contributed by atoms with Gasteiger partial charge in [0.2, 0.25) is 5.91 Å². The van der Waals surface area contributed by atoms with Crippen LogP contribution in [-0.2, 0) is 16.1 Å². The molecule has 2 rings (SSSR count). The van der Waals surface area contributed by atoms with E-state index in [0.717, 1.165) is 12.0 Å². The van der Waals surface area contributed by atoms with Gasteiger partial charge in [-0.2, -0.15) is 0 Å². The molecule has 140 valence electrons. The molecule has 0 spiro atoms. The van der Waals surface area contributed by atoms with E-state index in [9.17, 15) is 9.59 Å². The number of methoxy groups -OCH3 is 1. The van der Waals surface area contributed by atoms with E-state index in [1.807, 2.05) is 16.7 Å². The van der Waals surface area contributed by atoms with Crippen molar-refractivity contribution in [2.24, 2.45) is 0 Å². The van der Waals surface area contributed by atoms with Gasteiger partial charge in [0, 0.05) is 37.9 Å². The quantitative estimate of drug-likeness (QED) is 0.523. The van der Waals surface area contributed by atoms with Crippen LogP contribution in [0.15, 0.2) is 29.4 Å². The third-order valence-corrected chi connectivity index (χ3v) is 4.58. The molecule has 0 saturated heterocycles. The Morgan fingerprint density at radius 1 is 1.27 bits per heavy atom. The lowest BCUT2D eigenvalue weighted by atomic mass is 10.2. The zero-order chi connectivity index (χ0) is 18.9. The number of hydrogen-bond acceptors (Lipinski definition) is 6. The molecule has 0 bridgehead atoms. The smallest absolute Gasteiger partial charge is 0.321 e. The molecule has 2 N–H and O–H groups in total. The van der Waals surface area contributed by atoms with Crippen molar-refractivity contribution >= 4 is 35.3 Å². The van der Waals surface area contributed by atoms with Crippen molar-refractivity contribution in [3.8, 4) is 11.4 Å². The first-order chi connectivity index (χ1) is 12.5. The molecule has 10 heteroatoms. The van der Waals surface area contributed by atoms with Gasteiger partial charge in [-0.05, 0) is 30.7 Å². The summed E-state index contributed by atoms with van der Waals surface area (Å²) in [6.45, 7) is 1.23. The van der Waals surface area contributed by atoms with Crippen molar-refractivity contribution in [1.29, 1.82) is 0 Å². The van der Waals surface area contributed by atoms with Gasteiger partial charge in [-0.1, -0.05) is 23.4 Å². The highest BCUT2D eigenvalue weighted by molar-refractivity contribution is 7.99. The second-order valence-electron chi connectivity index (χ2n) is 5.23. The molecule has 0 aliphatic carbocycles. The maximum absolute atomic E-state index is 11.8. The van der Waals surface area contributed by atoms with Crippen molar-refractivity contribution < 1.29 is 14.3 Å². The molecule has 26 heavy (non-hydrogen) atoms. The normalized spacial score (nSPS) is 10.6. The fraction of sp³-hybridized carbons (Fsp3) is 0.375. The highest BCUT2D eigenvalue weighted by atomic mass is 35.5. The van der Waals surface area contributed by atoms with Crippen LogP contribution in [0.3, 0.4) is 0 Å². The number of nitrogens with zero attached hydrogens (tertiary/aromatic N) is 3. The molecule has 1 aromatic heterocycles. The summed E-state index contributed by atoms with van der Waals surface area (Å²) in [4.78, 5) is 23.0. The second kappa shape index (κ2) is 10.1. The molecule has 0 aliphatic heterocycles. The second-order valence-corrected chi connectivity index (χ2v) is 6.61. The lowest BCUT2D eigenvalue weighted by Gasteiger charge is -2.10. The molecule has 1 heterocycles.